The van der Waals surface area contributed by atoms with Crippen LogP contribution in [0.3, 0.4) is 0 Å². The Bertz CT molecular complexity index is 316. The van der Waals surface area contributed by atoms with E-state index < -0.39 is 0 Å². The molecule has 1 aliphatic heterocycles. The number of nitrogens with two attached hydrogens (primary N) is 1. The van der Waals surface area contributed by atoms with Gasteiger partial charge >= 0.3 is 0 Å². The molecule has 4 atom stereocenters. The highest BCUT2D eigenvalue weighted by Gasteiger charge is 2.37. The van der Waals surface area contributed by atoms with Crippen molar-refractivity contribution in [2.24, 2.45) is 17.6 Å². The zero-order valence-corrected chi connectivity index (χ0v) is 12.0. The maximum atomic E-state index is 12.3. The highest BCUT2D eigenvalue weighted by Crippen LogP contribution is 2.29. The first kappa shape index (κ1) is 14.8. The van der Waals surface area contributed by atoms with Crippen molar-refractivity contribution >= 4 is 5.91 Å². The van der Waals surface area contributed by atoms with Gasteiger partial charge in [0.25, 0.3) is 0 Å². The topological polar surface area (TPSA) is 73.6 Å². The van der Waals surface area contributed by atoms with E-state index in [-0.39, 0.29) is 23.5 Å². The van der Waals surface area contributed by atoms with Gasteiger partial charge in [-0.1, -0.05) is 6.92 Å². The van der Waals surface area contributed by atoms with Crippen LogP contribution in [0.25, 0.3) is 0 Å². The lowest BCUT2D eigenvalue weighted by Gasteiger charge is -2.33. The van der Waals surface area contributed by atoms with E-state index in [0.29, 0.717) is 25.7 Å². The Balaban J connectivity index is 1.84. The third-order valence-corrected chi connectivity index (χ3v) is 4.63. The molecule has 2 aliphatic rings. The molecule has 110 valence electrons. The molecular formula is C14H26N2O3. The van der Waals surface area contributed by atoms with Crippen LogP contribution in [0.5, 0.6) is 0 Å². The molecule has 1 saturated carbocycles. The van der Waals surface area contributed by atoms with E-state index in [2.05, 4.69) is 12.2 Å². The molecule has 5 heteroatoms. The van der Waals surface area contributed by atoms with Gasteiger partial charge in [0.2, 0.25) is 5.91 Å². The molecule has 5 nitrogen and oxygen atoms in total. The fraction of sp³-hybridized carbons (Fsp3) is 0.929. The molecule has 0 aromatic rings. The van der Waals surface area contributed by atoms with E-state index in [1.165, 1.54) is 0 Å². The maximum absolute atomic E-state index is 12.3. The Morgan fingerprint density at radius 2 is 2.32 bits per heavy atom. The molecule has 0 bridgehead atoms. The molecule has 1 aliphatic carbocycles. The summed E-state index contributed by atoms with van der Waals surface area (Å²) in [4.78, 5) is 12.3. The first-order valence-corrected chi connectivity index (χ1v) is 7.22. The third kappa shape index (κ3) is 3.46. The number of amides is 1. The number of rotatable bonds is 4. The summed E-state index contributed by atoms with van der Waals surface area (Å²) in [5, 5.41) is 3.05. The van der Waals surface area contributed by atoms with Crippen molar-refractivity contribution in [3.05, 3.63) is 0 Å². The van der Waals surface area contributed by atoms with Crippen molar-refractivity contribution in [3.8, 4) is 0 Å². The number of hydrogen-bond donors (Lipinski definition) is 2. The van der Waals surface area contributed by atoms with Gasteiger partial charge in [-0.05, 0) is 25.2 Å². The summed E-state index contributed by atoms with van der Waals surface area (Å²) in [7, 11) is 1.68. The number of carbonyl (C=O) groups is 1. The molecule has 0 aromatic heterocycles. The van der Waals surface area contributed by atoms with E-state index in [1.807, 2.05) is 0 Å². The monoisotopic (exact) mass is 270 g/mol. The molecule has 0 spiro atoms. The molecule has 1 heterocycles. The van der Waals surface area contributed by atoms with Crippen LogP contribution in [0.4, 0.5) is 0 Å². The van der Waals surface area contributed by atoms with Crippen LogP contribution in [0.1, 0.15) is 32.6 Å². The zero-order valence-electron chi connectivity index (χ0n) is 12.0. The first-order valence-electron chi connectivity index (χ1n) is 7.22. The summed E-state index contributed by atoms with van der Waals surface area (Å²) in [6.45, 7) is 3.93. The number of carbonyl (C=O) groups excluding carboxylic acids is 1. The maximum Gasteiger partial charge on any atom is 0.223 e. The van der Waals surface area contributed by atoms with Crippen molar-refractivity contribution in [1.29, 1.82) is 0 Å². The average Bonchev–Trinajstić information content (AvgIpc) is 2.85. The van der Waals surface area contributed by atoms with E-state index in [9.17, 15) is 4.79 Å². The molecular weight excluding hydrogens is 244 g/mol. The SMILES string of the molecule is COC1(CNC(=O)C2CCC(N)CC2C)CCOC1. The summed E-state index contributed by atoms with van der Waals surface area (Å²) in [6.07, 6.45) is 3.62. The number of methoxy groups -OCH3 is 1. The van der Waals surface area contributed by atoms with Gasteiger partial charge in [-0.3, -0.25) is 4.79 Å². The van der Waals surface area contributed by atoms with Crippen LogP contribution in [0.15, 0.2) is 0 Å². The Morgan fingerprint density at radius 1 is 1.53 bits per heavy atom. The Labute approximate surface area is 115 Å². The summed E-state index contributed by atoms with van der Waals surface area (Å²) < 4.78 is 10.9. The molecule has 19 heavy (non-hydrogen) atoms. The fourth-order valence-electron chi connectivity index (χ4n) is 3.17. The standard InChI is InChI=1S/C14H26N2O3/c1-10-7-11(15)3-4-12(10)13(17)16-8-14(18-2)5-6-19-9-14/h10-12H,3-9,15H2,1-2H3,(H,16,17). The van der Waals surface area contributed by atoms with E-state index >= 15 is 0 Å². The molecule has 0 radical (unpaired) electrons. The van der Waals surface area contributed by atoms with Gasteiger partial charge < -0.3 is 20.5 Å². The molecule has 3 N–H and O–H groups in total. The average molecular weight is 270 g/mol. The van der Waals surface area contributed by atoms with Crippen molar-refractivity contribution in [1.82, 2.24) is 5.32 Å². The molecule has 4 unspecified atom stereocenters. The van der Waals surface area contributed by atoms with Gasteiger partial charge in [0, 0.05) is 38.6 Å². The fourth-order valence-corrected chi connectivity index (χ4v) is 3.17. The van der Waals surface area contributed by atoms with E-state index in [0.717, 1.165) is 25.7 Å². The minimum Gasteiger partial charge on any atom is -0.378 e. The van der Waals surface area contributed by atoms with Crippen molar-refractivity contribution < 1.29 is 14.3 Å². The third-order valence-electron chi connectivity index (χ3n) is 4.63. The molecule has 2 fully saturated rings. The Morgan fingerprint density at radius 3 is 2.89 bits per heavy atom. The second kappa shape index (κ2) is 6.20. The lowest BCUT2D eigenvalue weighted by molar-refractivity contribution is -0.129. The molecule has 0 aromatic carbocycles. The number of nitrogens with one attached hydrogen (secondary N) is 1. The molecule has 2 rings (SSSR count). The molecule has 1 saturated heterocycles. The van der Waals surface area contributed by atoms with Crippen LogP contribution in [0.2, 0.25) is 0 Å². The van der Waals surface area contributed by atoms with Crippen LogP contribution in [0, 0.1) is 11.8 Å². The Hall–Kier alpha value is -0.650. The van der Waals surface area contributed by atoms with Crippen LogP contribution in [-0.2, 0) is 14.3 Å². The highest BCUT2D eigenvalue weighted by molar-refractivity contribution is 5.79. The summed E-state index contributed by atoms with van der Waals surface area (Å²) >= 11 is 0. The van der Waals surface area contributed by atoms with E-state index in [4.69, 9.17) is 15.2 Å². The normalized spacial score (nSPS) is 39.2. The summed E-state index contributed by atoms with van der Waals surface area (Å²) in [5.41, 5.74) is 5.61. The summed E-state index contributed by atoms with van der Waals surface area (Å²) in [6, 6.07) is 0.257. The number of hydrogen-bond acceptors (Lipinski definition) is 4. The van der Waals surface area contributed by atoms with Crippen molar-refractivity contribution in [2.45, 2.75) is 44.2 Å². The van der Waals surface area contributed by atoms with Gasteiger partial charge in [0.15, 0.2) is 0 Å². The van der Waals surface area contributed by atoms with Gasteiger partial charge in [0.1, 0.15) is 5.60 Å². The van der Waals surface area contributed by atoms with Gasteiger partial charge in [-0.2, -0.15) is 0 Å². The predicted molar refractivity (Wildman–Crippen MR) is 72.7 cm³/mol. The molecule has 1 amide bonds. The van der Waals surface area contributed by atoms with Crippen LogP contribution < -0.4 is 11.1 Å². The smallest absolute Gasteiger partial charge is 0.223 e. The zero-order chi connectivity index (χ0) is 13.9. The van der Waals surface area contributed by atoms with Gasteiger partial charge in [-0.15, -0.1) is 0 Å². The van der Waals surface area contributed by atoms with Crippen LogP contribution >= 0.6 is 0 Å². The van der Waals surface area contributed by atoms with Gasteiger partial charge in [-0.25, -0.2) is 0 Å². The second-order valence-electron chi connectivity index (χ2n) is 6.06. The second-order valence-corrected chi connectivity index (χ2v) is 6.06. The van der Waals surface area contributed by atoms with E-state index in [1.54, 1.807) is 7.11 Å². The van der Waals surface area contributed by atoms with Crippen LogP contribution in [-0.4, -0.2) is 44.4 Å². The number of ether oxygens (including phenoxy) is 2. The van der Waals surface area contributed by atoms with Crippen molar-refractivity contribution in [2.75, 3.05) is 26.9 Å². The van der Waals surface area contributed by atoms with Gasteiger partial charge in [0.05, 0.1) is 6.61 Å². The minimum atomic E-state index is -0.329. The lowest BCUT2D eigenvalue weighted by atomic mass is 9.77. The Kier molecular flexibility index (Phi) is 4.81. The summed E-state index contributed by atoms with van der Waals surface area (Å²) in [5.74, 6) is 0.598. The van der Waals surface area contributed by atoms with Crippen molar-refractivity contribution in [3.63, 3.8) is 0 Å². The predicted octanol–water partition coefficient (Wildman–Crippen LogP) is 0.672. The first-order chi connectivity index (χ1) is 9.06. The highest BCUT2D eigenvalue weighted by atomic mass is 16.5. The largest absolute Gasteiger partial charge is 0.378 e. The lowest BCUT2D eigenvalue weighted by Crippen LogP contribution is -2.48. The quantitative estimate of drug-likeness (QED) is 0.787. The minimum absolute atomic E-state index is 0.0935.